The summed E-state index contributed by atoms with van der Waals surface area (Å²) < 4.78 is 11.1. The van der Waals surface area contributed by atoms with Crippen molar-refractivity contribution in [3.8, 4) is 11.5 Å². The molecule has 2 rings (SSSR count). The SMILES string of the molecule is CNC(c1cc2c(cc1Cl)OCCO2)C(C)C. The summed E-state index contributed by atoms with van der Waals surface area (Å²) in [5.74, 6) is 1.99. The van der Waals surface area contributed by atoms with Gasteiger partial charge in [-0.25, -0.2) is 0 Å². The third kappa shape index (κ3) is 2.50. The molecule has 0 bridgehead atoms. The fraction of sp³-hybridized carbons (Fsp3) is 0.538. The maximum Gasteiger partial charge on any atom is 0.162 e. The average Bonchev–Trinajstić information content (AvgIpc) is 2.30. The second-order valence-corrected chi connectivity index (χ2v) is 4.93. The first-order valence-electron chi connectivity index (χ1n) is 5.89. The van der Waals surface area contributed by atoms with Crippen LogP contribution in [0.25, 0.3) is 0 Å². The van der Waals surface area contributed by atoms with E-state index in [2.05, 4.69) is 19.2 Å². The number of rotatable bonds is 3. The van der Waals surface area contributed by atoms with Gasteiger partial charge in [-0.05, 0) is 24.6 Å². The first-order chi connectivity index (χ1) is 8.13. The quantitative estimate of drug-likeness (QED) is 0.901. The van der Waals surface area contributed by atoms with Crippen molar-refractivity contribution in [1.82, 2.24) is 5.32 Å². The topological polar surface area (TPSA) is 30.5 Å². The van der Waals surface area contributed by atoms with Gasteiger partial charge in [-0.2, -0.15) is 0 Å². The Hall–Kier alpha value is -0.930. The molecule has 0 spiro atoms. The number of ether oxygens (including phenoxy) is 2. The lowest BCUT2D eigenvalue weighted by Gasteiger charge is -2.25. The van der Waals surface area contributed by atoms with Gasteiger partial charge in [-0.3, -0.25) is 0 Å². The number of benzene rings is 1. The van der Waals surface area contributed by atoms with E-state index in [1.165, 1.54) is 0 Å². The predicted octanol–water partition coefficient (Wildman–Crippen LogP) is 3.03. The molecule has 1 N–H and O–H groups in total. The summed E-state index contributed by atoms with van der Waals surface area (Å²) in [6.07, 6.45) is 0. The Bertz CT molecular complexity index is 407. The van der Waals surface area contributed by atoms with Gasteiger partial charge in [0.15, 0.2) is 11.5 Å². The van der Waals surface area contributed by atoms with Crippen molar-refractivity contribution in [2.24, 2.45) is 5.92 Å². The largest absolute Gasteiger partial charge is 0.486 e. The van der Waals surface area contributed by atoms with Crippen LogP contribution in [0.2, 0.25) is 5.02 Å². The van der Waals surface area contributed by atoms with Crippen LogP contribution in [0.4, 0.5) is 0 Å². The first-order valence-corrected chi connectivity index (χ1v) is 6.27. The van der Waals surface area contributed by atoms with Crippen LogP contribution in [0.15, 0.2) is 12.1 Å². The summed E-state index contributed by atoms with van der Waals surface area (Å²) in [6, 6.07) is 4.05. The van der Waals surface area contributed by atoms with Gasteiger partial charge in [0, 0.05) is 17.1 Å². The Morgan fingerprint density at radius 3 is 2.29 bits per heavy atom. The minimum absolute atomic E-state index is 0.221. The molecule has 0 aromatic heterocycles. The Balaban J connectivity index is 2.40. The summed E-state index contributed by atoms with van der Waals surface area (Å²) in [7, 11) is 1.94. The number of halogens is 1. The summed E-state index contributed by atoms with van der Waals surface area (Å²) in [5, 5.41) is 4.01. The Morgan fingerprint density at radius 1 is 1.18 bits per heavy atom. The molecule has 0 radical (unpaired) electrons. The van der Waals surface area contributed by atoms with Gasteiger partial charge in [-0.1, -0.05) is 25.4 Å². The third-order valence-electron chi connectivity index (χ3n) is 2.97. The lowest BCUT2D eigenvalue weighted by atomic mass is 9.95. The molecule has 0 saturated heterocycles. The summed E-state index contributed by atoms with van der Waals surface area (Å²) in [6.45, 7) is 5.50. The molecule has 1 heterocycles. The molecule has 1 unspecified atom stereocenters. The molecule has 1 aliphatic rings. The third-order valence-corrected chi connectivity index (χ3v) is 3.30. The molecule has 0 fully saturated rings. The van der Waals surface area contributed by atoms with E-state index in [0.29, 0.717) is 19.1 Å². The second kappa shape index (κ2) is 5.15. The molecule has 0 saturated carbocycles. The van der Waals surface area contributed by atoms with Gasteiger partial charge < -0.3 is 14.8 Å². The number of hydrogen-bond acceptors (Lipinski definition) is 3. The van der Waals surface area contributed by atoms with Crippen LogP contribution in [-0.2, 0) is 0 Å². The maximum absolute atomic E-state index is 6.30. The molecule has 0 aliphatic carbocycles. The minimum Gasteiger partial charge on any atom is -0.486 e. The zero-order valence-corrected chi connectivity index (χ0v) is 11.2. The number of fused-ring (bicyclic) bond motifs is 1. The van der Waals surface area contributed by atoms with Crippen molar-refractivity contribution in [1.29, 1.82) is 0 Å². The Morgan fingerprint density at radius 2 is 1.76 bits per heavy atom. The van der Waals surface area contributed by atoms with Gasteiger partial charge in [0.25, 0.3) is 0 Å². The van der Waals surface area contributed by atoms with E-state index in [1.807, 2.05) is 19.2 Å². The van der Waals surface area contributed by atoms with Gasteiger partial charge in [-0.15, -0.1) is 0 Å². The van der Waals surface area contributed by atoms with Crippen molar-refractivity contribution in [2.75, 3.05) is 20.3 Å². The second-order valence-electron chi connectivity index (χ2n) is 4.53. The highest BCUT2D eigenvalue weighted by Crippen LogP contribution is 2.39. The summed E-state index contributed by atoms with van der Waals surface area (Å²) >= 11 is 6.30. The van der Waals surface area contributed by atoms with Crippen molar-refractivity contribution in [2.45, 2.75) is 19.9 Å². The van der Waals surface area contributed by atoms with E-state index in [-0.39, 0.29) is 6.04 Å². The highest BCUT2D eigenvalue weighted by Gasteiger charge is 2.21. The molecule has 1 aromatic carbocycles. The van der Waals surface area contributed by atoms with Crippen LogP contribution < -0.4 is 14.8 Å². The van der Waals surface area contributed by atoms with E-state index in [9.17, 15) is 0 Å². The molecule has 94 valence electrons. The number of nitrogens with one attached hydrogen (secondary N) is 1. The zero-order valence-electron chi connectivity index (χ0n) is 10.4. The molecule has 4 heteroatoms. The smallest absolute Gasteiger partial charge is 0.162 e. The van der Waals surface area contributed by atoms with Crippen LogP contribution in [0.5, 0.6) is 11.5 Å². The summed E-state index contributed by atoms with van der Waals surface area (Å²) in [5.41, 5.74) is 1.06. The average molecular weight is 256 g/mol. The van der Waals surface area contributed by atoms with E-state index < -0.39 is 0 Å². The van der Waals surface area contributed by atoms with E-state index in [4.69, 9.17) is 21.1 Å². The van der Waals surface area contributed by atoms with Gasteiger partial charge >= 0.3 is 0 Å². The molecule has 0 amide bonds. The Kier molecular flexibility index (Phi) is 3.79. The van der Waals surface area contributed by atoms with Crippen LogP contribution in [0, 0.1) is 5.92 Å². The normalized spacial score (nSPS) is 16.1. The zero-order chi connectivity index (χ0) is 12.4. The van der Waals surface area contributed by atoms with Gasteiger partial charge in [0.2, 0.25) is 0 Å². The number of hydrogen-bond donors (Lipinski definition) is 1. The van der Waals surface area contributed by atoms with Crippen molar-refractivity contribution < 1.29 is 9.47 Å². The Labute approximate surface area is 107 Å². The van der Waals surface area contributed by atoms with E-state index in [0.717, 1.165) is 22.1 Å². The fourth-order valence-electron chi connectivity index (χ4n) is 2.17. The molecule has 3 nitrogen and oxygen atoms in total. The predicted molar refractivity (Wildman–Crippen MR) is 69.1 cm³/mol. The maximum atomic E-state index is 6.30. The van der Waals surface area contributed by atoms with Crippen molar-refractivity contribution >= 4 is 11.6 Å². The van der Waals surface area contributed by atoms with Crippen molar-refractivity contribution in [3.05, 3.63) is 22.7 Å². The standard InChI is InChI=1S/C13H18ClNO2/c1-8(2)13(15-3)9-6-11-12(7-10(9)14)17-5-4-16-11/h6-8,13,15H,4-5H2,1-3H3. The molecule has 1 aromatic rings. The molecular formula is C13H18ClNO2. The van der Waals surface area contributed by atoms with Gasteiger partial charge in [0.05, 0.1) is 0 Å². The van der Waals surface area contributed by atoms with Crippen molar-refractivity contribution in [3.63, 3.8) is 0 Å². The highest BCUT2D eigenvalue weighted by molar-refractivity contribution is 6.31. The van der Waals surface area contributed by atoms with Crippen LogP contribution in [0.1, 0.15) is 25.5 Å². The summed E-state index contributed by atoms with van der Waals surface area (Å²) in [4.78, 5) is 0. The van der Waals surface area contributed by atoms with Crippen LogP contribution in [0.3, 0.4) is 0 Å². The monoisotopic (exact) mass is 255 g/mol. The minimum atomic E-state index is 0.221. The van der Waals surface area contributed by atoms with Crippen LogP contribution in [-0.4, -0.2) is 20.3 Å². The molecule has 1 atom stereocenters. The lowest BCUT2D eigenvalue weighted by Crippen LogP contribution is -2.23. The van der Waals surface area contributed by atoms with Gasteiger partial charge in [0.1, 0.15) is 13.2 Å². The van der Waals surface area contributed by atoms with E-state index >= 15 is 0 Å². The molecular weight excluding hydrogens is 238 g/mol. The van der Waals surface area contributed by atoms with E-state index in [1.54, 1.807) is 0 Å². The fourth-order valence-corrected chi connectivity index (χ4v) is 2.44. The molecule has 1 aliphatic heterocycles. The van der Waals surface area contributed by atoms with Crippen LogP contribution >= 0.6 is 11.6 Å². The highest BCUT2D eigenvalue weighted by atomic mass is 35.5. The first kappa shape index (κ1) is 12.5. The lowest BCUT2D eigenvalue weighted by molar-refractivity contribution is 0.171. The molecule has 17 heavy (non-hydrogen) atoms.